The maximum atomic E-state index is 4.66. The van der Waals surface area contributed by atoms with Gasteiger partial charge in [0.05, 0.1) is 11.4 Å². The van der Waals surface area contributed by atoms with E-state index in [1.54, 1.807) is 0 Å². The number of rotatable bonds is 3. The van der Waals surface area contributed by atoms with Crippen LogP contribution in [0.4, 0.5) is 0 Å². The number of benzene rings is 3. The first-order valence-electron chi connectivity index (χ1n) is 8.48. The van der Waals surface area contributed by atoms with E-state index in [1.807, 2.05) is 29.9 Å². The van der Waals surface area contributed by atoms with E-state index in [0.717, 1.165) is 17.0 Å². The molecule has 1 aromatic heterocycles. The lowest BCUT2D eigenvalue weighted by atomic mass is 10.0. The zero-order chi connectivity index (χ0) is 17.2. The molecule has 0 N–H and O–H groups in total. The molecule has 2 heteroatoms. The van der Waals surface area contributed by atoms with E-state index < -0.39 is 0 Å². The van der Waals surface area contributed by atoms with Crippen LogP contribution in [0.25, 0.3) is 33.6 Å². The van der Waals surface area contributed by atoms with Crippen molar-refractivity contribution < 1.29 is 0 Å². The van der Waals surface area contributed by atoms with Crippen LogP contribution in [0.1, 0.15) is 5.56 Å². The van der Waals surface area contributed by atoms with Crippen LogP contribution in [0.15, 0.2) is 84.9 Å². The van der Waals surface area contributed by atoms with Gasteiger partial charge in [-0.2, -0.15) is 5.10 Å². The summed E-state index contributed by atoms with van der Waals surface area (Å²) in [5, 5.41) is 4.66. The highest BCUT2D eigenvalue weighted by Gasteiger charge is 2.09. The minimum Gasteiger partial charge on any atom is -0.267 e. The van der Waals surface area contributed by atoms with E-state index in [4.69, 9.17) is 0 Å². The van der Waals surface area contributed by atoms with E-state index in [1.165, 1.54) is 22.3 Å². The molecule has 0 saturated heterocycles. The summed E-state index contributed by atoms with van der Waals surface area (Å²) in [5.41, 5.74) is 8.19. The fraction of sp³-hybridized carbons (Fsp3) is 0.0870. The first kappa shape index (κ1) is 15.4. The monoisotopic (exact) mass is 324 g/mol. The van der Waals surface area contributed by atoms with Crippen LogP contribution in [0.3, 0.4) is 0 Å². The largest absolute Gasteiger partial charge is 0.267 e. The molecule has 0 atom stereocenters. The molecule has 0 spiro atoms. The molecular weight excluding hydrogens is 304 g/mol. The SMILES string of the molecule is Cc1ccc(-c2ccc(-c3cc(-c4ccccc4)nn3C)cc2)cc1. The lowest BCUT2D eigenvalue weighted by Gasteiger charge is -2.05. The van der Waals surface area contributed by atoms with Crippen LogP contribution < -0.4 is 0 Å². The van der Waals surface area contributed by atoms with Gasteiger partial charge in [0, 0.05) is 12.6 Å². The third-order valence-electron chi connectivity index (χ3n) is 4.51. The first-order chi connectivity index (χ1) is 12.2. The van der Waals surface area contributed by atoms with Crippen molar-refractivity contribution in [2.45, 2.75) is 6.92 Å². The number of aryl methyl sites for hydroxylation is 2. The van der Waals surface area contributed by atoms with Crippen LogP contribution in [0, 0.1) is 6.92 Å². The molecule has 0 aliphatic carbocycles. The highest BCUT2D eigenvalue weighted by molar-refractivity contribution is 5.72. The fourth-order valence-electron chi connectivity index (χ4n) is 3.07. The van der Waals surface area contributed by atoms with Crippen LogP contribution in [0.2, 0.25) is 0 Å². The zero-order valence-corrected chi connectivity index (χ0v) is 14.5. The van der Waals surface area contributed by atoms with Gasteiger partial charge in [-0.3, -0.25) is 4.68 Å². The lowest BCUT2D eigenvalue weighted by molar-refractivity contribution is 0.779. The van der Waals surface area contributed by atoms with Crippen LogP contribution in [-0.4, -0.2) is 9.78 Å². The average molecular weight is 324 g/mol. The first-order valence-corrected chi connectivity index (χ1v) is 8.48. The average Bonchev–Trinajstić information content (AvgIpc) is 3.05. The van der Waals surface area contributed by atoms with Gasteiger partial charge >= 0.3 is 0 Å². The Morgan fingerprint density at radius 1 is 0.640 bits per heavy atom. The predicted octanol–water partition coefficient (Wildman–Crippen LogP) is 5.73. The lowest BCUT2D eigenvalue weighted by Crippen LogP contribution is -1.93. The molecule has 0 bridgehead atoms. The van der Waals surface area contributed by atoms with E-state index >= 15 is 0 Å². The van der Waals surface area contributed by atoms with E-state index in [0.29, 0.717) is 0 Å². The van der Waals surface area contributed by atoms with Gasteiger partial charge in [-0.25, -0.2) is 0 Å². The third-order valence-corrected chi connectivity index (χ3v) is 4.51. The summed E-state index contributed by atoms with van der Waals surface area (Å²) in [6.07, 6.45) is 0. The van der Waals surface area contributed by atoms with Crippen molar-refractivity contribution in [1.29, 1.82) is 0 Å². The molecule has 0 unspecified atom stereocenters. The Morgan fingerprint density at radius 3 is 1.84 bits per heavy atom. The molecule has 0 aliphatic rings. The zero-order valence-electron chi connectivity index (χ0n) is 14.5. The molecular formula is C23H20N2. The second-order valence-corrected chi connectivity index (χ2v) is 6.35. The summed E-state index contributed by atoms with van der Waals surface area (Å²) < 4.78 is 1.95. The van der Waals surface area contributed by atoms with Gasteiger partial charge in [0.25, 0.3) is 0 Å². The Hall–Kier alpha value is -3.13. The molecule has 0 fully saturated rings. The van der Waals surface area contributed by atoms with Crippen molar-refractivity contribution in [2.24, 2.45) is 7.05 Å². The van der Waals surface area contributed by atoms with E-state index in [9.17, 15) is 0 Å². The Kier molecular flexibility index (Phi) is 3.95. The smallest absolute Gasteiger partial charge is 0.0929 e. The highest BCUT2D eigenvalue weighted by Crippen LogP contribution is 2.28. The van der Waals surface area contributed by atoms with Crippen molar-refractivity contribution in [3.05, 3.63) is 90.5 Å². The maximum Gasteiger partial charge on any atom is 0.0929 e. The Bertz CT molecular complexity index is 979. The van der Waals surface area contributed by atoms with E-state index in [2.05, 4.69) is 78.8 Å². The summed E-state index contributed by atoms with van der Waals surface area (Å²) in [4.78, 5) is 0. The van der Waals surface area contributed by atoms with Gasteiger partial charge < -0.3 is 0 Å². The summed E-state index contributed by atoms with van der Waals surface area (Å²) >= 11 is 0. The maximum absolute atomic E-state index is 4.66. The van der Waals surface area contributed by atoms with Gasteiger partial charge in [-0.05, 0) is 29.7 Å². The topological polar surface area (TPSA) is 17.8 Å². The molecule has 1 heterocycles. The fourth-order valence-corrected chi connectivity index (χ4v) is 3.07. The second kappa shape index (κ2) is 6.40. The van der Waals surface area contributed by atoms with Crippen LogP contribution in [0.5, 0.6) is 0 Å². The van der Waals surface area contributed by atoms with Crippen molar-refractivity contribution in [2.75, 3.05) is 0 Å². The second-order valence-electron chi connectivity index (χ2n) is 6.35. The molecule has 0 aliphatic heterocycles. The molecule has 4 rings (SSSR count). The Balaban J connectivity index is 1.66. The molecule has 0 radical (unpaired) electrons. The van der Waals surface area contributed by atoms with Crippen molar-refractivity contribution in [3.63, 3.8) is 0 Å². The standard InChI is InChI=1S/C23H20N2/c1-17-8-10-18(11-9-17)19-12-14-21(15-13-19)23-16-22(24-25(23)2)20-6-4-3-5-7-20/h3-16H,1-2H3. The van der Waals surface area contributed by atoms with Crippen LogP contribution >= 0.6 is 0 Å². The molecule has 0 saturated carbocycles. The highest BCUT2D eigenvalue weighted by atomic mass is 15.3. The molecule has 4 aromatic rings. The number of aromatic nitrogens is 2. The van der Waals surface area contributed by atoms with E-state index in [-0.39, 0.29) is 0 Å². The van der Waals surface area contributed by atoms with Gasteiger partial charge in [-0.1, -0.05) is 84.4 Å². The third kappa shape index (κ3) is 3.11. The molecule has 25 heavy (non-hydrogen) atoms. The van der Waals surface area contributed by atoms with Crippen molar-refractivity contribution in [1.82, 2.24) is 9.78 Å². The minimum absolute atomic E-state index is 1.00. The molecule has 0 amide bonds. The summed E-state index contributed by atoms with van der Waals surface area (Å²) in [7, 11) is 2.00. The summed E-state index contributed by atoms with van der Waals surface area (Å²) in [6.45, 7) is 2.11. The van der Waals surface area contributed by atoms with Gasteiger partial charge in [-0.15, -0.1) is 0 Å². The van der Waals surface area contributed by atoms with Gasteiger partial charge in [0.2, 0.25) is 0 Å². The quantitative estimate of drug-likeness (QED) is 0.470. The normalized spacial score (nSPS) is 10.8. The number of nitrogens with zero attached hydrogens (tertiary/aromatic N) is 2. The number of hydrogen-bond donors (Lipinski definition) is 0. The van der Waals surface area contributed by atoms with Crippen molar-refractivity contribution in [3.8, 4) is 33.6 Å². The molecule has 3 aromatic carbocycles. The Labute approximate surface area is 148 Å². The van der Waals surface area contributed by atoms with Gasteiger partial charge in [0.15, 0.2) is 0 Å². The van der Waals surface area contributed by atoms with Gasteiger partial charge in [0.1, 0.15) is 0 Å². The number of hydrogen-bond acceptors (Lipinski definition) is 1. The summed E-state index contributed by atoms with van der Waals surface area (Å²) in [6, 6.07) is 29.8. The van der Waals surface area contributed by atoms with Crippen LogP contribution in [-0.2, 0) is 7.05 Å². The molecule has 122 valence electrons. The minimum atomic E-state index is 1.00. The van der Waals surface area contributed by atoms with Crippen molar-refractivity contribution >= 4 is 0 Å². The predicted molar refractivity (Wildman–Crippen MR) is 104 cm³/mol. The summed E-state index contributed by atoms with van der Waals surface area (Å²) in [5.74, 6) is 0. The Morgan fingerprint density at radius 2 is 1.20 bits per heavy atom. The molecule has 2 nitrogen and oxygen atoms in total.